The molecular formula is C12H8ClF2NO. The van der Waals surface area contributed by atoms with E-state index in [2.05, 4.69) is 0 Å². The molecular weight excluding hydrogens is 248 g/mol. The van der Waals surface area contributed by atoms with E-state index in [0.29, 0.717) is 5.52 Å². The Balaban J connectivity index is 2.49. The fourth-order valence-electron chi connectivity index (χ4n) is 2.00. The summed E-state index contributed by atoms with van der Waals surface area (Å²) < 4.78 is 28.4. The van der Waals surface area contributed by atoms with Gasteiger partial charge in [0.15, 0.2) is 17.1 Å². The van der Waals surface area contributed by atoms with Crippen molar-refractivity contribution in [2.24, 2.45) is 0 Å². The highest BCUT2D eigenvalue weighted by Crippen LogP contribution is 2.38. The van der Waals surface area contributed by atoms with Crippen LogP contribution in [0.3, 0.4) is 0 Å². The molecule has 0 N–H and O–H groups in total. The van der Waals surface area contributed by atoms with Crippen LogP contribution >= 0.6 is 11.6 Å². The molecule has 88 valence electrons. The van der Waals surface area contributed by atoms with Crippen LogP contribution in [0.2, 0.25) is 5.02 Å². The Morgan fingerprint density at radius 2 is 2.06 bits per heavy atom. The summed E-state index contributed by atoms with van der Waals surface area (Å²) in [7, 11) is 0. The Morgan fingerprint density at radius 3 is 2.71 bits per heavy atom. The van der Waals surface area contributed by atoms with Crippen molar-refractivity contribution in [1.82, 2.24) is 4.57 Å². The van der Waals surface area contributed by atoms with Crippen molar-refractivity contribution in [2.75, 3.05) is 0 Å². The molecule has 1 aromatic carbocycles. The smallest absolute Gasteiger partial charge is 0.189 e. The lowest BCUT2D eigenvalue weighted by atomic mass is 10.2. The van der Waals surface area contributed by atoms with Crippen LogP contribution in [0.15, 0.2) is 23.1 Å². The first-order chi connectivity index (χ1) is 8.09. The van der Waals surface area contributed by atoms with Gasteiger partial charge >= 0.3 is 0 Å². The van der Waals surface area contributed by atoms with E-state index >= 15 is 0 Å². The Bertz CT molecular complexity index is 676. The lowest BCUT2D eigenvalue weighted by molar-refractivity contribution is 0.510. The third kappa shape index (κ3) is 1.55. The monoisotopic (exact) mass is 255 g/mol. The molecule has 17 heavy (non-hydrogen) atoms. The van der Waals surface area contributed by atoms with Gasteiger partial charge in [-0.15, -0.1) is 0 Å². The Hall–Kier alpha value is -1.42. The first-order valence-electron chi connectivity index (χ1n) is 5.28. The minimum atomic E-state index is -1.10. The van der Waals surface area contributed by atoms with Gasteiger partial charge < -0.3 is 4.57 Å². The molecule has 0 aliphatic heterocycles. The van der Waals surface area contributed by atoms with E-state index in [1.165, 1.54) is 6.07 Å². The number of fused-ring (bicyclic) bond motifs is 1. The van der Waals surface area contributed by atoms with Gasteiger partial charge in [-0.3, -0.25) is 4.79 Å². The van der Waals surface area contributed by atoms with E-state index in [-0.39, 0.29) is 21.9 Å². The molecule has 1 fully saturated rings. The van der Waals surface area contributed by atoms with Crippen molar-refractivity contribution >= 4 is 22.5 Å². The van der Waals surface area contributed by atoms with Gasteiger partial charge in [-0.25, -0.2) is 8.78 Å². The molecule has 1 aliphatic carbocycles. The van der Waals surface area contributed by atoms with E-state index in [1.54, 1.807) is 10.8 Å². The van der Waals surface area contributed by atoms with Crippen molar-refractivity contribution in [2.45, 2.75) is 18.9 Å². The predicted molar refractivity (Wildman–Crippen MR) is 61.4 cm³/mol. The van der Waals surface area contributed by atoms with Gasteiger partial charge in [-0.1, -0.05) is 11.6 Å². The molecule has 1 aliphatic rings. The number of pyridine rings is 1. The van der Waals surface area contributed by atoms with Gasteiger partial charge in [0.2, 0.25) is 0 Å². The van der Waals surface area contributed by atoms with Crippen LogP contribution in [0.1, 0.15) is 18.9 Å². The third-order valence-electron chi connectivity index (χ3n) is 2.99. The summed E-state index contributed by atoms with van der Waals surface area (Å²) in [6, 6.07) is 2.51. The number of halogens is 3. The molecule has 0 radical (unpaired) electrons. The highest BCUT2D eigenvalue weighted by molar-refractivity contribution is 6.35. The van der Waals surface area contributed by atoms with Crippen LogP contribution < -0.4 is 5.43 Å². The minimum absolute atomic E-state index is 0.128. The lowest BCUT2D eigenvalue weighted by Crippen LogP contribution is -2.09. The van der Waals surface area contributed by atoms with Crippen LogP contribution in [-0.4, -0.2) is 4.57 Å². The summed E-state index contributed by atoms with van der Waals surface area (Å²) in [5, 5.41) is -0.187. The van der Waals surface area contributed by atoms with E-state index in [9.17, 15) is 13.6 Å². The molecule has 0 spiro atoms. The van der Waals surface area contributed by atoms with Crippen molar-refractivity contribution in [1.29, 1.82) is 0 Å². The van der Waals surface area contributed by atoms with E-state index in [4.69, 9.17) is 11.6 Å². The van der Waals surface area contributed by atoms with Crippen molar-refractivity contribution in [3.63, 3.8) is 0 Å². The highest BCUT2D eigenvalue weighted by Gasteiger charge is 2.26. The fourth-order valence-corrected chi connectivity index (χ4v) is 2.28. The van der Waals surface area contributed by atoms with Crippen LogP contribution in [0.25, 0.3) is 10.9 Å². The van der Waals surface area contributed by atoms with E-state index in [0.717, 1.165) is 18.9 Å². The predicted octanol–water partition coefficient (Wildman–Crippen LogP) is 3.27. The van der Waals surface area contributed by atoms with Crippen molar-refractivity contribution < 1.29 is 8.78 Å². The zero-order chi connectivity index (χ0) is 12.2. The summed E-state index contributed by atoms with van der Waals surface area (Å²) in [5.74, 6) is -2.19. The maximum atomic E-state index is 13.4. The summed E-state index contributed by atoms with van der Waals surface area (Å²) in [6.45, 7) is 0. The van der Waals surface area contributed by atoms with Crippen LogP contribution in [-0.2, 0) is 0 Å². The number of hydrogen-bond acceptors (Lipinski definition) is 1. The second-order valence-electron chi connectivity index (χ2n) is 4.20. The summed E-state index contributed by atoms with van der Waals surface area (Å²) in [5.41, 5.74) is -0.0572. The maximum absolute atomic E-state index is 13.4. The SMILES string of the molecule is O=c1ccn(C2CC2)c2c(Cl)c(F)c(F)cc12. The average Bonchev–Trinajstić information content (AvgIpc) is 3.12. The molecule has 1 aromatic heterocycles. The molecule has 0 unspecified atom stereocenters. The first kappa shape index (κ1) is 10.7. The number of nitrogens with zero attached hydrogens (tertiary/aromatic N) is 1. The van der Waals surface area contributed by atoms with Gasteiger partial charge in [-0.05, 0) is 18.9 Å². The third-order valence-corrected chi connectivity index (χ3v) is 3.33. The average molecular weight is 256 g/mol. The topological polar surface area (TPSA) is 22.0 Å². The normalized spacial score (nSPS) is 15.5. The highest BCUT2D eigenvalue weighted by atomic mass is 35.5. The molecule has 0 saturated heterocycles. The number of rotatable bonds is 1. The van der Waals surface area contributed by atoms with Crippen LogP contribution in [0, 0.1) is 11.6 Å². The fraction of sp³-hybridized carbons (Fsp3) is 0.250. The van der Waals surface area contributed by atoms with Crippen LogP contribution in [0.4, 0.5) is 8.78 Å². The van der Waals surface area contributed by atoms with E-state index < -0.39 is 11.6 Å². The summed E-state index contributed by atoms with van der Waals surface area (Å²) >= 11 is 5.81. The molecule has 3 rings (SSSR count). The largest absolute Gasteiger partial charge is 0.343 e. The zero-order valence-electron chi connectivity index (χ0n) is 8.71. The standard InChI is InChI=1S/C12H8ClF2NO/c13-10-11(15)8(14)5-7-9(17)3-4-16(12(7)10)6-1-2-6/h3-6H,1-2H2. The van der Waals surface area contributed by atoms with E-state index in [1.807, 2.05) is 0 Å². The second kappa shape index (κ2) is 3.53. The first-order valence-corrected chi connectivity index (χ1v) is 5.65. The molecule has 5 heteroatoms. The lowest BCUT2D eigenvalue weighted by Gasteiger charge is -2.11. The summed E-state index contributed by atoms with van der Waals surface area (Å²) in [4.78, 5) is 11.6. The second-order valence-corrected chi connectivity index (χ2v) is 4.58. The van der Waals surface area contributed by atoms with Crippen LogP contribution in [0.5, 0.6) is 0 Å². The summed E-state index contributed by atoms with van der Waals surface area (Å²) in [6.07, 6.45) is 3.52. The van der Waals surface area contributed by atoms with Crippen molar-refractivity contribution in [3.05, 3.63) is 45.2 Å². The van der Waals surface area contributed by atoms with Gasteiger partial charge in [-0.2, -0.15) is 0 Å². The van der Waals surface area contributed by atoms with Gasteiger partial charge in [0, 0.05) is 18.3 Å². The number of benzene rings is 1. The Kier molecular flexibility index (Phi) is 2.23. The molecule has 0 atom stereocenters. The quantitative estimate of drug-likeness (QED) is 0.717. The molecule has 1 heterocycles. The Labute approximate surface area is 100 Å². The maximum Gasteiger partial charge on any atom is 0.189 e. The van der Waals surface area contributed by atoms with Crippen molar-refractivity contribution in [3.8, 4) is 0 Å². The molecule has 2 aromatic rings. The van der Waals surface area contributed by atoms with Gasteiger partial charge in [0.1, 0.15) is 5.02 Å². The number of aromatic nitrogens is 1. The molecule has 0 amide bonds. The number of hydrogen-bond donors (Lipinski definition) is 0. The molecule has 2 nitrogen and oxygen atoms in total. The molecule has 0 bridgehead atoms. The zero-order valence-corrected chi connectivity index (χ0v) is 9.47. The Morgan fingerprint density at radius 1 is 1.35 bits per heavy atom. The molecule has 1 saturated carbocycles. The minimum Gasteiger partial charge on any atom is -0.343 e. The van der Waals surface area contributed by atoms with Gasteiger partial charge in [0.05, 0.1) is 10.9 Å². The van der Waals surface area contributed by atoms with Gasteiger partial charge in [0.25, 0.3) is 0 Å².